The van der Waals surface area contributed by atoms with Crippen LogP contribution in [0.1, 0.15) is 51.6 Å². The normalized spacial score (nSPS) is 26.8. The van der Waals surface area contributed by atoms with Crippen LogP contribution in [-0.4, -0.2) is 67.6 Å². The SMILES string of the molecule is CC(C)(C)CC(=O)N1CC2CN(CCC(NC(=O)C3CCOC3)c3ccccc3)C[C@H]2C1. The highest BCUT2D eigenvalue weighted by Crippen LogP contribution is 2.33. The van der Waals surface area contributed by atoms with E-state index in [2.05, 4.69) is 48.0 Å². The van der Waals surface area contributed by atoms with E-state index in [9.17, 15) is 9.59 Å². The van der Waals surface area contributed by atoms with E-state index in [1.54, 1.807) is 0 Å². The molecular weight excluding hydrogens is 402 g/mol. The average molecular weight is 442 g/mol. The maximum atomic E-state index is 12.7. The minimum Gasteiger partial charge on any atom is -0.381 e. The lowest BCUT2D eigenvalue weighted by Crippen LogP contribution is -2.37. The smallest absolute Gasteiger partial charge is 0.226 e. The molecule has 4 rings (SSSR count). The van der Waals surface area contributed by atoms with Gasteiger partial charge in [-0.15, -0.1) is 0 Å². The first-order valence-electron chi connectivity index (χ1n) is 12.2. The van der Waals surface area contributed by atoms with Crippen LogP contribution in [0.15, 0.2) is 30.3 Å². The minimum atomic E-state index is -0.0241. The zero-order chi connectivity index (χ0) is 22.7. The third-order valence-corrected chi connectivity index (χ3v) is 7.15. The molecule has 0 bridgehead atoms. The third-order valence-electron chi connectivity index (χ3n) is 7.15. The molecule has 3 aliphatic rings. The lowest BCUT2D eigenvalue weighted by molar-refractivity contribution is -0.132. The van der Waals surface area contributed by atoms with Crippen molar-refractivity contribution in [3.8, 4) is 0 Å². The molecule has 3 saturated heterocycles. The molecule has 3 aliphatic heterocycles. The molecule has 1 N–H and O–H groups in total. The van der Waals surface area contributed by atoms with Crippen LogP contribution in [-0.2, 0) is 14.3 Å². The molecule has 4 atom stereocenters. The highest BCUT2D eigenvalue weighted by Gasteiger charge is 2.41. The largest absolute Gasteiger partial charge is 0.381 e. The maximum absolute atomic E-state index is 12.7. The Labute approximate surface area is 192 Å². The molecular formula is C26H39N3O3. The van der Waals surface area contributed by atoms with E-state index >= 15 is 0 Å². The van der Waals surface area contributed by atoms with Crippen LogP contribution in [0.2, 0.25) is 0 Å². The van der Waals surface area contributed by atoms with Gasteiger partial charge in [0.05, 0.1) is 18.6 Å². The van der Waals surface area contributed by atoms with Gasteiger partial charge in [0.15, 0.2) is 0 Å². The van der Waals surface area contributed by atoms with E-state index in [0.29, 0.717) is 37.4 Å². The first kappa shape index (κ1) is 23.2. The number of ether oxygens (including phenoxy) is 1. The number of likely N-dealkylation sites (tertiary alicyclic amines) is 2. The van der Waals surface area contributed by atoms with E-state index < -0.39 is 0 Å². The van der Waals surface area contributed by atoms with Crippen molar-refractivity contribution in [3.05, 3.63) is 35.9 Å². The van der Waals surface area contributed by atoms with Gasteiger partial charge in [-0.25, -0.2) is 0 Å². The highest BCUT2D eigenvalue weighted by atomic mass is 16.5. The van der Waals surface area contributed by atoms with Crippen LogP contribution in [0.3, 0.4) is 0 Å². The number of hydrogen-bond donors (Lipinski definition) is 1. The molecule has 32 heavy (non-hydrogen) atoms. The van der Waals surface area contributed by atoms with Crippen LogP contribution in [0.5, 0.6) is 0 Å². The highest BCUT2D eigenvalue weighted by molar-refractivity contribution is 5.79. The van der Waals surface area contributed by atoms with Crippen molar-refractivity contribution < 1.29 is 14.3 Å². The van der Waals surface area contributed by atoms with E-state index in [-0.39, 0.29) is 23.3 Å². The summed E-state index contributed by atoms with van der Waals surface area (Å²) < 4.78 is 5.40. The van der Waals surface area contributed by atoms with Crippen LogP contribution < -0.4 is 5.32 Å². The van der Waals surface area contributed by atoms with E-state index in [4.69, 9.17) is 4.74 Å². The summed E-state index contributed by atoms with van der Waals surface area (Å²) in [6.07, 6.45) is 2.34. The van der Waals surface area contributed by atoms with Gasteiger partial charge in [0.2, 0.25) is 11.8 Å². The molecule has 3 unspecified atom stereocenters. The first-order valence-corrected chi connectivity index (χ1v) is 12.2. The van der Waals surface area contributed by atoms with Crippen molar-refractivity contribution in [1.29, 1.82) is 0 Å². The summed E-state index contributed by atoms with van der Waals surface area (Å²) >= 11 is 0. The van der Waals surface area contributed by atoms with Crippen molar-refractivity contribution in [3.63, 3.8) is 0 Å². The Bertz CT molecular complexity index is 771. The van der Waals surface area contributed by atoms with Gasteiger partial charge in [-0.05, 0) is 35.7 Å². The average Bonchev–Trinajstić information content (AvgIpc) is 3.46. The van der Waals surface area contributed by atoms with Gasteiger partial charge < -0.3 is 19.9 Å². The summed E-state index contributed by atoms with van der Waals surface area (Å²) in [5.74, 6) is 1.56. The Kier molecular flexibility index (Phi) is 7.21. The van der Waals surface area contributed by atoms with Crippen molar-refractivity contribution in [1.82, 2.24) is 15.1 Å². The Morgan fingerprint density at radius 2 is 1.78 bits per heavy atom. The Morgan fingerprint density at radius 1 is 1.09 bits per heavy atom. The maximum Gasteiger partial charge on any atom is 0.226 e. The quantitative estimate of drug-likeness (QED) is 0.706. The van der Waals surface area contributed by atoms with Gasteiger partial charge in [0, 0.05) is 45.8 Å². The number of amides is 2. The van der Waals surface area contributed by atoms with Gasteiger partial charge in [-0.1, -0.05) is 51.1 Å². The Hall–Kier alpha value is -1.92. The Balaban J connectivity index is 1.29. The number of hydrogen-bond acceptors (Lipinski definition) is 4. The predicted octanol–water partition coefficient (Wildman–Crippen LogP) is 3.10. The molecule has 0 aromatic heterocycles. The zero-order valence-corrected chi connectivity index (χ0v) is 19.9. The van der Waals surface area contributed by atoms with E-state index in [1.165, 1.54) is 0 Å². The molecule has 0 saturated carbocycles. The topological polar surface area (TPSA) is 61.9 Å². The molecule has 2 amide bonds. The van der Waals surface area contributed by atoms with Gasteiger partial charge in [-0.3, -0.25) is 9.59 Å². The summed E-state index contributed by atoms with van der Waals surface area (Å²) in [6.45, 7) is 12.5. The molecule has 176 valence electrons. The van der Waals surface area contributed by atoms with E-state index in [1.807, 2.05) is 18.2 Å². The van der Waals surface area contributed by atoms with Crippen molar-refractivity contribution >= 4 is 11.8 Å². The standard InChI is InChI=1S/C26H39N3O3/c1-26(2,3)13-24(30)29-16-21-14-28(15-22(21)17-29)11-9-23(19-7-5-4-6-8-19)27-25(31)20-10-12-32-18-20/h4-8,20-23H,9-18H2,1-3H3,(H,27,31)/t20?,21-,22?,23?/m0/s1. The number of nitrogens with zero attached hydrogens (tertiary/aromatic N) is 2. The molecule has 3 heterocycles. The lowest BCUT2D eigenvalue weighted by atomic mass is 9.91. The number of benzene rings is 1. The monoisotopic (exact) mass is 441 g/mol. The van der Waals surface area contributed by atoms with Gasteiger partial charge >= 0.3 is 0 Å². The van der Waals surface area contributed by atoms with E-state index in [0.717, 1.165) is 51.1 Å². The fraction of sp³-hybridized carbons (Fsp3) is 0.692. The summed E-state index contributed by atoms with van der Waals surface area (Å²) in [6, 6.07) is 10.3. The number of fused-ring (bicyclic) bond motifs is 1. The second-order valence-corrected chi connectivity index (χ2v) is 11.1. The summed E-state index contributed by atoms with van der Waals surface area (Å²) in [7, 11) is 0. The van der Waals surface area contributed by atoms with Crippen LogP contribution in [0.4, 0.5) is 0 Å². The molecule has 1 aromatic carbocycles. The Morgan fingerprint density at radius 3 is 2.38 bits per heavy atom. The molecule has 6 nitrogen and oxygen atoms in total. The number of carbonyl (C=O) groups excluding carboxylic acids is 2. The molecule has 0 radical (unpaired) electrons. The number of carbonyl (C=O) groups is 2. The second-order valence-electron chi connectivity index (χ2n) is 11.1. The molecule has 0 spiro atoms. The van der Waals surface area contributed by atoms with Crippen molar-refractivity contribution in [2.24, 2.45) is 23.2 Å². The van der Waals surface area contributed by atoms with Crippen molar-refractivity contribution in [2.45, 2.75) is 46.1 Å². The molecule has 6 heteroatoms. The summed E-state index contributed by atoms with van der Waals surface area (Å²) in [5, 5.41) is 3.29. The zero-order valence-electron chi connectivity index (χ0n) is 19.9. The lowest BCUT2D eigenvalue weighted by Gasteiger charge is -2.26. The summed E-state index contributed by atoms with van der Waals surface area (Å²) in [5.41, 5.74) is 1.21. The van der Waals surface area contributed by atoms with Gasteiger partial charge in [0.1, 0.15) is 0 Å². The second kappa shape index (κ2) is 9.92. The number of nitrogens with one attached hydrogen (secondary N) is 1. The van der Waals surface area contributed by atoms with Crippen LogP contribution >= 0.6 is 0 Å². The fourth-order valence-corrected chi connectivity index (χ4v) is 5.39. The minimum absolute atomic E-state index is 0.0228. The van der Waals surface area contributed by atoms with Crippen LogP contribution in [0.25, 0.3) is 0 Å². The molecule has 3 fully saturated rings. The molecule has 1 aromatic rings. The third kappa shape index (κ3) is 5.90. The van der Waals surface area contributed by atoms with Gasteiger partial charge in [0.25, 0.3) is 0 Å². The van der Waals surface area contributed by atoms with Gasteiger partial charge in [-0.2, -0.15) is 0 Å². The predicted molar refractivity (Wildman–Crippen MR) is 125 cm³/mol. The summed E-state index contributed by atoms with van der Waals surface area (Å²) in [4.78, 5) is 30.0. The van der Waals surface area contributed by atoms with Crippen LogP contribution in [0, 0.1) is 23.2 Å². The first-order chi connectivity index (χ1) is 15.3. The fourth-order valence-electron chi connectivity index (χ4n) is 5.39. The van der Waals surface area contributed by atoms with Crippen molar-refractivity contribution in [2.75, 3.05) is 45.9 Å². The number of rotatable bonds is 7. The molecule has 0 aliphatic carbocycles.